The van der Waals surface area contributed by atoms with Crippen molar-refractivity contribution in [3.63, 3.8) is 0 Å². The van der Waals surface area contributed by atoms with E-state index in [1.165, 1.54) is 6.20 Å². The molecule has 0 aliphatic carbocycles. The molecule has 0 amide bonds. The van der Waals surface area contributed by atoms with Crippen molar-refractivity contribution in [1.29, 1.82) is 0 Å². The fraction of sp³-hybridized carbons (Fsp3) is 0. The van der Waals surface area contributed by atoms with Crippen LogP contribution in [0.3, 0.4) is 0 Å². The molecule has 0 saturated carbocycles. The van der Waals surface area contributed by atoms with Crippen LogP contribution in [-0.2, 0) is 0 Å². The zero-order valence-corrected chi connectivity index (χ0v) is 10.2. The number of rotatable bonds is 3. The number of hydrogen-bond acceptors (Lipinski definition) is 3. The zero-order valence-electron chi connectivity index (χ0n) is 10.2. The smallest absolute Gasteiger partial charge is 0.231 e. The van der Waals surface area contributed by atoms with Crippen LogP contribution in [0.15, 0.2) is 66.9 Å². The molecule has 4 nitrogen and oxygen atoms in total. The second kappa shape index (κ2) is 4.86. The molecule has 0 fully saturated rings. The molecule has 0 spiro atoms. The van der Waals surface area contributed by atoms with Gasteiger partial charge in [-0.2, -0.15) is 0 Å². The molecular weight excluding hydrogens is 238 g/mol. The summed E-state index contributed by atoms with van der Waals surface area (Å²) >= 11 is 0. The molecule has 2 N–H and O–H groups in total. The summed E-state index contributed by atoms with van der Waals surface area (Å²) < 4.78 is 1.56. The van der Waals surface area contributed by atoms with E-state index in [9.17, 15) is 5.11 Å². The number of benzene rings is 2. The number of aromatic hydroxyl groups is 1. The van der Waals surface area contributed by atoms with E-state index in [1.54, 1.807) is 4.68 Å². The van der Waals surface area contributed by atoms with Crippen LogP contribution < -0.4 is 5.43 Å². The van der Waals surface area contributed by atoms with Crippen LogP contribution in [-0.4, -0.2) is 14.8 Å². The van der Waals surface area contributed by atoms with Crippen LogP contribution in [0.5, 0.6) is 5.88 Å². The maximum atomic E-state index is 9.89. The summed E-state index contributed by atoms with van der Waals surface area (Å²) in [5.74, 6) is 0.740. The third-order valence-corrected chi connectivity index (χ3v) is 2.79. The van der Waals surface area contributed by atoms with Crippen molar-refractivity contribution in [3.8, 4) is 17.3 Å². The quantitative estimate of drug-likeness (QED) is 0.752. The SMILES string of the molecule is Oc1cnc(-c2ccccc2)n1Nc1ccccc1. The minimum atomic E-state index is 0.0720. The van der Waals surface area contributed by atoms with Gasteiger partial charge in [0.05, 0.1) is 11.9 Å². The van der Waals surface area contributed by atoms with Crippen molar-refractivity contribution in [2.45, 2.75) is 0 Å². The summed E-state index contributed by atoms with van der Waals surface area (Å²) in [5, 5.41) is 9.89. The first-order chi connectivity index (χ1) is 9.34. The predicted octanol–water partition coefficient (Wildman–Crippen LogP) is 3.13. The standard InChI is InChI=1S/C15H13N3O/c19-14-11-16-15(12-7-3-1-4-8-12)18(14)17-13-9-5-2-6-10-13/h1-11,17,19H. The molecule has 0 radical (unpaired) electrons. The maximum Gasteiger partial charge on any atom is 0.231 e. The lowest BCUT2D eigenvalue weighted by atomic mass is 10.2. The Kier molecular flexibility index (Phi) is 2.90. The number of imidazole rings is 1. The van der Waals surface area contributed by atoms with Gasteiger partial charge in [-0.3, -0.25) is 5.43 Å². The fourth-order valence-corrected chi connectivity index (χ4v) is 1.89. The third-order valence-electron chi connectivity index (χ3n) is 2.79. The highest BCUT2D eigenvalue weighted by Crippen LogP contribution is 2.23. The Labute approximate surface area is 110 Å². The number of aromatic nitrogens is 2. The molecule has 0 unspecified atom stereocenters. The van der Waals surface area contributed by atoms with Gasteiger partial charge in [0, 0.05) is 5.56 Å². The summed E-state index contributed by atoms with van der Waals surface area (Å²) in [6.07, 6.45) is 1.43. The van der Waals surface area contributed by atoms with Crippen molar-refractivity contribution in [1.82, 2.24) is 9.66 Å². The second-order valence-corrected chi connectivity index (χ2v) is 4.12. The molecule has 4 heteroatoms. The van der Waals surface area contributed by atoms with Crippen LogP contribution >= 0.6 is 0 Å². The Morgan fingerprint density at radius 3 is 2.21 bits per heavy atom. The van der Waals surface area contributed by atoms with Crippen LogP contribution in [0, 0.1) is 0 Å². The van der Waals surface area contributed by atoms with Crippen molar-refractivity contribution >= 4 is 5.69 Å². The minimum absolute atomic E-state index is 0.0720. The molecule has 1 aromatic heterocycles. The Morgan fingerprint density at radius 2 is 1.53 bits per heavy atom. The largest absolute Gasteiger partial charge is 0.492 e. The van der Waals surface area contributed by atoms with E-state index in [0.29, 0.717) is 5.82 Å². The van der Waals surface area contributed by atoms with Crippen molar-refractivity contribution in [2.75, 3.05) is 5.43 Å². The van der Waals surface area contributed by atoms with Gasteiger partial charge in [-0.05, 0) is 12.1 Å². The average Bonchev–Trinajstić information content (AvgIpc) is 2.82. The topological polar surface area (TPSA) is 50.1 Å². The summed E-state index contributed by atoms with van der Waals surface area (Å²) in [6, 6.07) is 19.4. The summed E-state index contributed by atoms with van der Waals surface area (Å²) in [7, 11) is 0. The molecule has 0 aliphatic heterocycles. The Morgan fingerprint density at radius 1 is 0.895 bits per heavy atom. The first kappa shape index (κ1) is 11.3. The highest BCUT2D eigenvalue weighted by molar-refractivity contribution is 5.58. The molecule has 3 aromatic rings. The van der Waals surface area contributed by atoms with E-state index in [4.69, 9.17) is 0 Å². The van der Waals surface area contributed by atoms with E-state index in [1.807, 2.05) is 60.7 Å². The molecule has 1 heterocycles. The Hall–Kier alpha value is -2.75. The molecule has 94 valence electrons. The van der Waals surface area contributed by atoms with Gasteiger partial charge in [-0.15, -0.1) is 0 Å². The van der Waals surface area contributed by atoms with Gasteiger partial charge >= 0.3 is 0 Å². The highest BCUT2D eigenvalue weighted by atomic mass is 16.3. The lowest BCUT2D eigenvalue weighted by Gasteiger charge is -2.11. The molecule has 19 heavy (non-hydrogen) atoms. The minimum Gasteiger partial charge on any atom is -0.492 e. The predicted molar refractivity (Wildman–Crippen MR) is 74.8 cm³/mol. The van der Waals surface area contributed by atoms with Crippen molar-refractivity contribution in [2.24, 2.45) is 0 Å². The number of nitrogens with one attached hydrogen (secondary N) is 1. The number of anilines is 1. The van der Waals surface area contributed by atoms with Gasteiger partial charge in [-0.25, -0.2) is 9.66 Å². The van der Waals surface area contributed by atoms with Crippen LogP contribution in [0.4, 0.5) is 5.69 Å². The molecule has 0 bridgehead atoms. The lowest BCUT2D eigenvalue weighted by molar-refractivity contribution is 0.437. The first-order valence-electron chi connectivity index (χ1n) is 5.99. The summed E-state index contributed by atoms with van der Waals surface area (Å²) in [5.41, 5.74) is 4.94. The number of nitrogens with zero attached hydrogens (tertiary/aromatic N) is 2. The normalized spacial score (nSPS) is 10.3. The molecule has 0 saturated heterocycles. The summed E-state index contributed by atoms with van der Waals surface area (Å²) in [6.45, 7) is 0. The first-order valence-corrected chi connectivity index (χ1v) is 5.99. The average molecular weight is 251 g/mol. The second-order valence-electron chi connectivity index (χ2n) is 4.12. The summed E-state index contributed by atoms with van der Waals surface area (Å²) in [4.78, 5) is 4.23. The number of hydrogen-bond donors (Lipinski definition) is 2. The van der Waals surface area contributed by atoms with E-state index in [-0.39, 0.29) is 5.88 Å². The third kappa shape index (κ3) is 2.28. The van der Waals surface area contributed by atoms with Gasteiger partial charge in [0.2, 0.25) is 5.88 Å². The van der Waals surface area contributed by atoms with Crippen LogP contribution in [0.2, 0.25) is 0 Å². The molecule has 2 aromatic carbocycles. The van der Waals surface area contributed by atoms with Gasteiger partial charge in [0.25, 0.3) is 0 Å². The van der Waals surface area contributed by atoms with Crippen LogP contribution in [0.1, 0.15) is 0 Å². The van der Waals surface area contributed by atoms with Gasteiger partial charge in [0.1, 0.15) is 0 Å². The monoisotopic (exact) mass is 251 g/mol. The van der Waals surface area contributed by atoms with Gasteiger partial charge < -0.3 is 5.11 Å². The van der Waals surface area contributed by atoms with Gasteiger partial charge in [-0.1, -0.05) is 48.5 Å². The van der Waals surface area contributed by atoms with Crippen molar-refractivity contribution in [3.05, 3.63) is 66.9 Å². The highest BCUT2D eigenvalue weighted by Gasteiger charge is 2.10. The zero-order chi connectivity index (χ0) is 13.1. The van der Waals surface area contributed by atoms with E-state index in [0.717, 1.165) is 11.3 Å². The van der Waals surface area contributed by atoms with Crippen LogP contribution in [0.25, 0.3) is 11.4 Å². The van der Waals surface area contributed by atoms with Gasteiger partial charge in [0.15, 0.2) is 5.82 Å². The fourth-order valence-electron chi connectivity index (χ4n) is 1.89. The lowest BCUT2D eigenvalue weighted by Crippen LogP contribution is -2.10. The molecular formula is C15H13N3O. The maximum absolute atomic E-state index is 9.89. The van der Waals surface area contributed by atoms with Crippen molar-refractivity contribution < 1.29 is 5.11 Å². The number of para-hydroxylation sites is 1. The van der Waals surface area contributed by atoms with E-state index >= 15 is 0 Å². The molecule has 0 atom stereocenters. The Balaban J connectivity index is 2.00. The molecule has 0 aliphatic rings. The molecule has 3 rings (SSSR count). The Bertz CT molecular complexity index is 662. The van der Waals surface area contributed by atoms with E-state index < -0.39 is 0 Å². The van der Waals surface area contributed by atoms with E-state index in [2.05, 4.69) is 10.4 Å².